The minimum atomic E-state index is 0.0363. The molecule has 0 radical (unpaired) electrons. The van der Waals surface area contributed by atoms with Gasteiger partial charge in [-0.05, 0) is 25.2 Å². The Labute approximate surface area is 102 Å². The number of aromatic nitrogens is 2. The maximum Gasteiger partial charge on any atom is 0.159 e. The van der Waals surface area contributed by atoms with Crippen molar-refractivity contribution in [2.75, 3.05) is 12.0 Å². The number of hydrazine groups is 1. The molecule has 5 nitrogen and oxygen atoms in total. The number of ether oxygens (including phenoxy) is 1. The van der Waals surface area contributed by atoms with Gasteiger partial charge >= 0.3 is 0 Å². The lowest BCUT2D eigenvalue weighted by molar-refractivity contribution is 0.105. The maximum absolute atomic E-state index is 5.60. The zero-order valence-corrected chi connectivity index (χ0v) is 10.4. The average molecular weight is 236 g/mol. The number of nitrogens with zero attached hydrogens (tertiary/aromatic N) is 2. The summed E-state index contributed by atoms with van der Waals surface area (Å²) in [5.41, 5.74) is 3.62. The van der Waals surface area contributed by atoms with Gasteiger partial charge in [-0.3, -0.25) is 0 Å². The predicted molar refractivity (Wildman–Crippen MR) is 66.3 cm³/mol. The fourth-order valence-electron chi connectivity index (χ4n) is 2.04. The molecule has 0 aliphatic carbocycles. The first-order valence-corrected chi connectivity index (χ1v) is 6.15. The molecule has 1 atom stereocenters. The summed E-state index contributed by atoms with van der Waals surface area (Å²) in [6, 6.07) is 1.90. The van der Waals surface area contributed by atoms with Crippen LogP contribution in [0.25, 0.3) is 0 Å². The van der Waals surface area contributed by atoms with E-state index < -0.39 is 0 Å². The topological polar surface area (TPSA) is 73.1 Å². The highest BCUT2D eigenvalue weighted by atomic mass is 16.5. The molecule has 0 aromatic carbocycles. The van der Waals surface area contributed by atoms with Gasteiger partial charge in [-0.25, -0.2) is 15.8 Å². The predicted octanol–water partition coefficient (Wildman–Crippen LogP) is 1.81. The highest BCUT2D eigenvalue weighted by Gasteiger charge is 2.21. The van der Waals surface area contributed by atoms with Crippen LogP contribution < -0.4 is 11.3 Å². The van der Waals surface area contributed by atoms with E-state index in [4.69, 9.17) is 10.6 Å². The van der Waals surface area contributed by atoms with Gasteiger partial charge in [0, 0.05) is 18.4 Å². The quantitative estimate of drug-likeness (QED) is 0.616. The summed E-state index contributed by atoms with van der Waals surface area (Å²) in [7, 11) is 0. The maximum atomic E-state index is 5.60. The van der Waals surface area contributed by atoms with E-state index in [1.54, 1.807) is 0 Å². The molecule has 0 spiro atoms. The summed E-state index contributed by atoms with van der Waals surface area (Å²) in [6.07, 6.45) is 3.04. The molecule has 1 unspecified atom stereocenters. The van der Waals surface area contributed by atoms with Crippen molar-refractivity contribution >= 4 is 5.82 Å². The van der Waals surface area contributed by atoms with Gasteiger partial charge in [0.1, 0.15) is 11.9 Å². The molecule has 2 heterocycles. The van der Waals surface area contributed by atoms with E-state index in [9.17, 15) is 0 Å². The second-order valence-electron chi connectivity index (χ2n) is 4.85. The molecular weight excluding hydrogens is 216 g/mol. The minimum Gasteiger partial charge on any atom is -0.370 e. The van der Waals surface area contributed by atoms with E-state index in [-0.39, 0.29) is 6.10 Å². The second kappa shape index (κ2) is 5.42. The third kappa shape index (κ3) is 3.14. The van der Waals surface area contributed by atoms with Gasteiger partial charge in [-0.15, -0.1) is 0 Å². The molecule has 1 aliphatic heterocycles. The molecule has 1 aliphatic rings. The molecule has 1 saturated heterocycles. The molecule has 1 fully saturated rings. The smallest absolute Gasteiger partial charge is 0.159 e. The summed E-state index contributed by atoms with van der Waals surface area (Å²) < 4.78 is 5.60. The van der Waals surface area contributed by atoms with E-state index in [2.05, 4.69) is 29.2 Å². The number of hydrogen-bond donors (Lipinski definition) is 2. The first-order valence-electron chi connectivity index (χ1n) is 6.15. The summed E-state index contributed by atoms with van der Waals surface area (Å²) >= 11 is 0. The van der Waals surface area contributed by atoms with Gasteiger partial charge in [0.15, 0.2) is 5.82 Å². The van der Waals surface area contributed by atoms with Crippen LogP contribution in [0.1, 0.15) is 44.3 Å². The highest BCUT2D eigenvalue weighted by Crippen LogP contribution is 2.27. The molecule has 5 heteroatoms. The lowest BCUT2D eigenvalue weighted by Gasteiger charge is -2.12. The van der Waals surface area contributed by atoms with Crippen LogP contribution in [0.5, 0.6) is 0 Å². The van der Waals surface area contributed by atoms with Gasteiger partial charge < -0.3 is 10.2 Å². The Bertz CT molecular complexity index is 375. The fraction of sp³-hybridized carbons (Fsp3) is 0.667. The van der Waals surface area contributed by atoms with Crippen LogP contribution in [0.15, 0.2) is 6.07 Å². The lowest BCUT2D eigenvalue weighted by atomic mass is 10.1. The summed E-state index contributed by atoms with van der Waals surface area (Å²) in [6.45, 7) is 5.14. The number of anilines is 1. The van der Waals surface area contributed by atoms with Crippen molar-refractivity contribution in [2.45, 2.75) is 39.2 Å². The lowest BCUT2D eigenvalue weighted by Crippen LogP contribution is -2.14. The Morgan fingerprint density at radius 1 is 1.53 bits per heavy atom. The van der Waals surface area contributed by atoms with Crippen molar-refractivity contribution in [1.82, 2.24) is 9.97 Å². The van der Waals surface area contributed by atoms with E-state index in [1.165, 1.54) is 0 Å². The Morgan fingerprint density at radius 3 is 2.94 bits per heavy atom. The molecule has 1 aromatic heterocycles. The van der Waals surface area contributed by atoms with Crippen molar-refractivity contribution in [2.24, 2.45) is 11.8 Å². The third-order valence-electron chi connectivity index (χ3n) is 2.78. The molecule has 0 bridgehead atoms. The standard InChI is InChI=1S/C12H20N4O/c1-8(2)6-9-7-11(16-13)15-12(14-9)10-4-3-5-17-10/h7-8,10H,3-6,13H2,1-2H3,(H,14,15,16). The molecule has 2 rings (SSSR count). The van der Waals surface area contributed by atoms with Crippen LogP contribution in [-0.2, 0) is 11.2 Å². The van der Waals surface area contributed by atoms with Crippen LogP contribution in [0.2, 0.25) is 0 Å². The number of nitrogen functional groups attached to an aromatic ring is 1. The number of nitrogens with one attached hydrogen (secondary N) is 1. The molecule has 17 heavy (non-hydrogen) atoms. The Morgan fingerprint density at radius 2 is 2.35 bits per heavy atom. The zero-order valence-electron chi connectivity index (χ0n) is 10.4. The Hall–Kier alpha value is -1.20. The van der Waals surface area contributed by atoms with Crippen LogP contribution in [0, 0.1) is 5.92 Å². The van der Waals surface area contributed by atoms with Crippen molar-refractivity contribution in [3.8, 4) is 0 Å². The monoisotopic (exact) mass is 236 g/mol. The molecule has 3 N–H and O–H groups in total. The molecular formula is C12H20N4O. The number of rotatable bonds is 4. The minimum absolute atomic E-state index is 0.0363. The van der Waals surface area contributed by atoms with Crippen LogP contribution in [-0.4, -0.2) is 16.6 Å². The average Bonchev–Trinajstić information content (AvgIpc) is 2.81. The van der Waals surface area contributed by atoms with Crippen LogP contribution >= 0.6 is 0 Å². The van der Waals surface area contributed by atoms with Crippen molar-refractivity contribution in [1.29, 1.82) is 0 Å². The first kappa shape index (κ1) is 12.3. The summed E-state index contributed by atoms with van der Waals surface area (Å²) in [5, 5.41) is 0. The molecule has 0 saturated carbocycles. The highest BCUT2D eigenvalue weighted by molar-refractivity contribution is 5.35. The zero-order chi connectivity index (χ0) is 12.3. The SMILES string of the molecule is CC(C)Cc1cc(NN)nc(C2CCCO2)n1. The van der Waals surface area contributed by atoms with Gasteiger partial charge in [-0.2, -0.15) is 0 Å². The molecule has 1 aromatic rings. The summed E-state index contributed by atoms with van der Waals surface area (Å²) in [5.74, 6) is 7.42. The normalized spacial score (nSPS) is 19.9. The van der Waals surface area contributed by atoms with Crippen molar-refractivity contribution in [3.63, 3.8) is 0 Å². The van der Waals surface area contributed by atoms with Crippen molar-refractivity contribution < 1.29 is 4.74 Å². The van der Waals surface area contributed by atoms with Crippen LogP contribution in [0.3, 0.4) is 0 Å². The van der Waals surface area contributed by atoms with Gasteiger partial charge in [0.25, 0.3) is 0 Å². The van der Waals surface area contributed by atoms with Gasteiger partial charge in [0.2, 0.25) is 0 Å². The van der Waals surface area contributed by atoms with Gasteiger partial charge in [-0.1, -0.05) is 13.8 Å². The van der Waals surface area contributed by atoms with E-state index >= 15 is 0 Å². The van der Waals surface area contributed by atoms with E-state index in [0.29, 0.717) is 11.7 Å². The summed E-state index contributed by atoms with van der Waals surface area (Å²) in [4.78, 5) is 8.94. The second-order valence-corrected chi connectivity index (χ2v) is 4.85. The largest absolute Gasteiger partial charge is 0.370 e. The molecule has 0 amide bonds. The van der Waals surface area contributed by atoms with E-state index in [1.807, 2.05) is 6.07 Å². The number of hydrogen-bond acceptors (Lipinski definition) is 5. The van der Waals surface area contributed by atoms with Crippen LogP contribution in [0.4, 0.5) is 5.82 Å². The Balaban J connectivity index is 2.24. The van der Waals surface area contributed by atoms with E-state index in [0.717, 1.165) is 37.4 Å². The fourth-order valence-corrected chi connectivity index (χ4v) is 2.04. The van der Waals surface area contributed by atoms with Crippen molar-refractivity contribution in [3.05, 3.63) is 17.6 Å². The first-order chi connectivity index (χ1) is 8.19. The Kier molecular flexibility index (Phi) is 3.91. The third-order valence-corrected chi connectivity index (χ3v) is 2.78. The van der Waals surface area contributed by atoms with Gasteiger partial charge in [0.05, 0.1) is 0 Å². The number of nitrogens with two attached hydrogens (primary N) is 1. The molecule has 94 valence electrons.